The first-order valence-corrected chi connectivity index (χ1v) is 25.1. The molecule has 2 fully saturated rings. The van der Waals surface area contributed by atoms with E-state index in [4.69, 9.17) is 56.4 Å². The Morgan fingerprint density at radius 3 is 1.35 bits per heavy atom. The Hall–Kier alpha value is -3.28. The summed E-state index contributed by atoms with van der Waals surface area (Å²) in [5.41, 5.74) is 9.09. The number of nitrogens with zero attached hydrogens (tertiary/aromatic N) is 6. The van der Waals surface area contributed by atoms with Gasteiger partial charge in [-0.25, -0.2) is 26.8 Å². The number of sulfonamides is 2. The van der Waals surface area contributed by atoms with Crippen LogP contribution >= 0.6 is 69.1 Å². The van der Waals surface area contributed by atoms with Crippen LogP contribution in [0.1, 0.15) is 22.3 Å². The lowest BCUT2D eigenvalue weighted by atomic mass is 10.0. The molecule has 0 atom stereocenters. The molecule has 2 aromatic heterocycles. The Morgan fingerprint density at radius 2 is 0.900 bits per heavy atom. The smallest absolute Gasteiger partial charge is 0.243 e. The summed E-state index contributed by atoms with van der Waals surface area (Å²) in [4.78, 5) is 14.2. The number of halogens is 4. The largest absolute Gasteiger partial charge is 0.345 e. The molecule has 10 nitrogen and oxygen atoms in total. The molecule has 0 aliphatic carbocycles. The SMILES string of the molecule is Cc1cccc(-c2csc(N3CCN(S(=O)(=O)c4cc(Cl)cc(Cl)c4)CC3)n2)c1C.Cc1cccc(C)c1-c1csc(N2CCN(S(=O)(=O)c3cc(Cl)cc(Cl)c3)CC2)n1. The number of anilines is 2. The number of aromatic nitrogens is 2. The highest BCUT2D eigenvalue weighted by Gasteiger charge is 2.31. The van der Waals surface area contributed by atoms with Gasteiger partial charge in [0.05, 0.1) is 21.2 Å². The van der Waals surface area contributed by atoms with E-state index in [1.54, 1.807) is 22.7 Å². The van der Waals surface area contributed by atoms with Gasteiger partial charge in [-0.15, -0.1) is 22.7 Å². The zero-order chi connectivity index (χ0) is 42.9. The molecule has 2 aliphatic rings. The summed E-state index contributed by atoms with van der Waals surface area (Å²) >= 11 is 27.1. The molecule has 2 aliphatic heterocycles. The van der Waals surface area contributed by atoms with Crippen LogP contribution in [0.3, 0.4) is 0 Å². The van der Waals surface area contributed by atoms with E-state index in [9.17, 15) is 16.8 Å². The number of rotatable bonds is 8. The van der Waals surface area contributed by atoms with Crippen molar-refractivity contribution in [1.82, 2.24) is 18.6 Å². The van der Waals surface area contributed by atoms with Crippen molar-refractivity contribution in [2.24, 2.45) is 0 Å². The van der Waals surface area contributed by atoms with Gasteiger partial charge in [0.15, 0.2) is 10.3 Å². The summed E-state index contributed by atoms with van der Waals surface area (Å²) in [5, 5.41) is 7.19. The van der Waals surface area contributed by atoms with Gasteiger partial charge in [-0.2, -0.15) is 8.61 Å². The summed E-state index contributed by atoms with van der Waals surface area (Å²) < 4.78 is 54.8. The first-order valence-electron chi connectivity index (χ1n) is 19.0. The maximum Gasteiger partial charge on any atom is 0.243 e. The molecule has 8 rings (SSSR count). The van der Waals surface area contributed by atoms with Crippen LogP contribution in [0.15, 0.2) is 93.3 Å². The van der Waals surface area contributed by atoms with E-state index < -0.39 is 20.0 Å². The lowest BCUT2D eigenvalue weighted by Crippen LogP contribution is -2.48. The maximum atomic E-state index is 13.0. The fourth-order valence-corrected chi connectivity index (χ4v) is 13.2. The van der Waals surface area contributed by atoms with E-state index in [1.807, 2.05) is 12.1 Å². The fraction of sp³-hybridized carbons (Fsp3) is 0.286. The van der Waals surface area contributed by atoms with E-state index in [-0.39, 0.29) is 9.79 Å². The molecular weight excluding hydrogens is 923 g/mol. The average Bonchev–Trinajstić information content (AvgIpc) is 3.90. The van der Waals surface area contributed by atoms with Crippen LogP contribution in [0, 0.1) is 27.7 Å². The zero-order valence-electron chi connectivity index (χ0n) is 33.2. The predicted molar refractivity (Wildman–Crippen MR) is 249 cm³/mol. The Morgan fingerprint density at radius 1 is 0.517 bits per heavy atom. The van der Waals surface area contributed by atoms with E-state index in [2.05, 4.69) is 72.5 Å². The molecule has 0 N–H and O–H groups in total. The first-order chi connectivity index (χ1) is 28.5. The number of hydrogen-bond donors (Lipinski definition) is 0. The second-order valence-electron chi connectivity index (χ2n) is 14.5. The molecule has 0 unspecified atom stereocenters. The summed E-state index contributed by atoms with van der Waals surface area (Å²) in [6.45, 7) is 12.2. The first kappa shape index (κ1) is 44.8. The number of thiazole rings is 2. The molecule has 0 saturated carbocycles. The molecule has 60 heavy (non-hydrogen) atoms. The van der Waals surface area contributed by atoms with Gasteiger partial charge in [0.1, 0.15) is 0 Å². The molecule has 0 amide bonds. The zero-order valence-corrected chi connectivity index (χ0v) is 39.5. The van der Waals surface area contributed by atoms with Crippen molar-refractivity contribution in [3.8, 4) is 22.5 Å². The van der Waals surface area contributed by atoms with Crippen LogP contribution in [0.25, 0.3) is 22.5 Å². The van der Waals surface area contributed by atoms with Crippen LogP contribution in [0.5, 0.6) is 0 Å². The molecule has 4 aromatic carbocycles. The van der Waals surface area contributed by atoms with Crippen molar-refractivity contribution in [3.05, 3.63) is 126 Å². The summed E-state index contributed by atoms with van der Waals surface area (Å²) in [6, 6.07) is 21.3. The standard InChI is InChI=1S/2C21H21Cl2N3O2S2/c1-14-4-3-5-19(15(14)2)20-13-29-21(24-20)25-6-8-26(9-7-25)30(27,28)18-11-16(22)10-17(23)12-18;1-14-4-3-5-15(2)20(14)19-13-29-21(24-19)25-6-8-26(9-7-25)30(27,28)18-11-16(22)10-17(23)12-18/h2*3-5,10-13H,6-9H2,1-2H3. The minimum absolute atomic E-state index is 0.125. The van der Waals surface area contributed by atoms with Gasteiger partial charge in [-0.3, -0.25) is 0 Å². The van der Waals surface area contributed by atoms with Crippen molar-refractivity contribution >= 4 is 99.4 Å². The minimum Gasteiger partial charge on any atom is -0.345 e. The van der Waals surface area contributed by atoms with Crippen molar-refractivity contribution < 1.29 is 16.8 Å². The highest BCUT2D eigenvalue weighted by molar-refractivity contribution is 7.89. The second-order valence-corrected chi connectivity index (χ2v) is 21.8. The second kappa shape index (κ2) is 18.6. The molecule has 6 aromatic rings. The van der Waals surface area contributed by atoms with E-state index in [0.29, 0.717) is 72.4 Å². The van der Waals surface area contributed by atoms with Gasteiger partial charge in [0.2, 0.25) is 20.0 Å². The summed E-state index contributed by atoms with van der Waals surface area (Å²) in [6.07, 6.45) is 0. The Bertz CT molecular complexity index is 2690. The Balaban J connectivity index is 0.000000181. The van der Waals surface area contributed by atoms with Crippen molar-refractivity contribution in [1.29, 1.82) is 0 Å². The molecule has 0 bridgehead atoms. The highest BCUT2D eigenvalue weighted by atomic mass is 35.5. The van der Waals surface area contributed by atoms with E-state index in [1.165, 1.54) is 72.8 Å². The molecule has 18 heteroatoms. The molecule has 2 saturated heterocycles. The van der Waals surface area contributed by atoms with Gasteiger partial charge in [0, 0.05) is 94.3 Å². The third-order valence-electron chi connectivity index (χ3n) is 10.6. The van der Waals surface area contributed by atoms with Crippen LogP contribution in [0.2, 0.25) is 20.1 Å². The molecule has 4 heterocycles. The van der Waals surface area contributed by atoms with Crippen LogP contribution in [0.4, 0.5) is 10.3 Å². The van der Waals surface area contributed by atoms with Crippen molar-refractivity contribution in [2.45, 2.75) is 37.5 Å². The van der Waals surface area contributed by atoms with Gasteiger partial charge >= 0.3 is 0 Å². The normalized spacial score (nSPS) is 15.5. The predicted octanol–water partition coefficient (Wildman–Crippen LogP) is 10.5. The van der Waals surface area contributed by atoms with Crippen molar-refractivity contribution in [2.75, 3.05) is 62.2 Å². The lowest BCUT2D eigenvalue weighted by Gasteiger charge is -2.33. The van der Waals surface area contributed by atoms with E-state index in [0.717, 1.165) is 27.2 Å². The Labute approximate surface area is 380 Å². The molecular formula is C42H42Cl4N6O4S4. The lowest BCUT2D eigenvalue weighted by molar-refractivity contribution is 0.384. The third kappa shape index (κ3) is 9.83. The van der Waals surface area contributed by atoms with Gasteiger partial charge in [-0.1, -0.05) is 82.8 Å². The van der Waals surface area contributed by atoms with Gasteiger partial charge in [-0.05, 0) is 86.3 Å². The van der Waals surface area contributed by atoms with Crippen LogP contribution in [-0.2, 0) is 20.0 Å². The molecule has 0 radical (unpaired) electrons. The minimum atomic E-state index is -3.64. The van der Waals surface area contributed by atoms with E-state index >= 15 is 0 Å². The quantitative estimate of drug-likeness (QED) is 0.148. The summed E-state index contributed by atoms with van der Waals surface area (Å²) in [7, 11) is -7.28. The number of piperazine rings is 2. The monoisotopic (exact) mass is 962 g/mol. The Kier molecular flexibility index (Phi) is 13.9. The van der Waals surface area contributed by atoms with Crippen LogP contribution in [-0.4, -0.2) is 87.8 Å². The number of aryl methyl sites for hydroxylation is 3. The van der Waals surface area contributed by atoms with Gasteiger partial charge < -0.3 is 9.80 Å². The van der Waals surface area contributed by atoms with Gasteiger partial charge in [0.25, 0.3) is 0 Å². The molecule has 316 valence electrons. The number of hydrogen-bond acceptors (Lipinski definition) is 10. The van der Waals surface area contributed by atoms with Crippen LogP contribution < -0.4 is 9.80 Å². The highest BCUT2D eigenvalue weighted by Crippen LogP contribution is 2.34. The maximum absolute atomic E-state index is 13.0. The topological polar surface area (TPSA) is 107 Å². The molecule has 0 spiro atoms. The summed E-state index contributed by atoms with van der Waals surface area (Å²) in [5.74, 6) is 0. The number of benzene rings is 4. The fourth-order valence-electron chi connectivity index (χ4n) is 7.20. The van der Waals surface area contributed by atoms with Crippen molar-refractivity contribution in [3.63, 3.8) is 0 Å². The third-order valence-corrected chi connectivity index (χ3v) is 17.0. The average molecular weight is 965 g/mol.